The van der Waals surface area contributed by atoms with Crippen LogP contribution in [0.25, 0.3) is 11.0 Å². The first-order valence-corrected chi connectivity index (χ1v) is 7.69. The van der Waals surface area contributed by atoms with Crippen LogP contribution in [-0.2, 0) is 12.8 Å². The van der Waals surface area contributed by atoms with E-state index in [1.165, 1.54) is 0 Å². The number of nitrogens with one attached hydrogen (secondary N) is 1. The zero-order valence-corrected chi connectivity index (χ0v) is 12.6. The van der Waals surface area contributed by atoms with E-state index in [0.717, 1.165) is 16.5 Å². The first-order chi connectivity index (χ1) is 11.1. The number of rotatable bonds is 3. The number of para-hydroxylation sites is 1. The van der Waals surface area contributed by atoms with E-state index in [1.807, 2.05) is 48.5 Å². The molecule has 4 rings (SSSR count). The molecule has 0 atom stereocenters. The highest BCUT2D eigenvalue weighted by molar-refractivity contribution is 5.96. The van der Waals surface area contributed by atoms with E-state index in [4.69, 9.17) is 4.42 Å². The van der Waals surface area contributed by atoms with Gasteiger partial charge in [0.1, 0.15) is 5.58 Å². The Morgan fingerprint density at radius 3 is 2.43 bits per heavy atom. The standard InChI is InChI=1S/C19H17NO3/c21-18(17-9-13-5-3-4-8-16(13)23-17)20-12-19(22)10-14-6-1-2-7-15(14)11-19/h1-9,22H,10-12H2,(H,20,21). The predicted octanol–water partition coefficient (Wildman–Crippen LogP) is 2.69. The van der Waals surface area contributed by atoms with Crippen molar-refractivity contribution >= 4 is 16.9 Å². The van der Waals surface area contributed by atoms with Gasteiger partial charge >= 0.3 is 0 Å². The summed E-state index contributed by atoms with van der Waals surface area (Å²) in [4.78, 5) is 12.3. The van der Waals surface area contributed by atoms with Crippen molar-refractivity contribution in [2.75, 3.05) is 6.54 Å². The van der Waals surface area contributed by atoms with E-state index < -0.39 is 5.60 Å². The number of amides is 1. The summed E-state index contributed by atoms with van der Waals surface area (Å²) in [6.45, 7) is 0.206. The number of furan rings is 1. The van der Waals surface area contributed by atoms with Crippen molar-refractivity contribution in [2.24, 2.45) is 0 Å². The summed E-state index contributed by atoms with van der Waals surface area (Å²) in [7, 11) is 0. The van der Waals surface area contributed by atoms with E-state index >= 15 is 0 Å². The molecule has 0 fully saturated rings. The maximum absolute atomic E-state index is 12.3. The van der Waals surface area contributed by atoms with E-state index in [1.54, 1.807) is 6.07 Å². The summed E-state index contributed by atoms with van der Waals surface area (Å²) in [6, 6.07) is 17.2. The van der Waals surface area contributed by atoms with Crippen LogP contribution in [0.15, 0.2) is 59.0 Å². The largest absolute Gasteiger partial charge is 0.451 e. The van der Waals surface area contributed by atoms with Gasteiger partial charge in [-0.25, -0.2) is 0 Å². The maximum atomic E-state index is 12.3. The number of benzene rings is 2. The minimum absolute atomic E-state index is 0.206. The molecule has 0 unspecified atom stereocenters. The molecule has 0 spiro atoms. The van der Waals surface area contributed by atoms with Gasteiger partial charge in [0.15, 0.2) is 5.76 Å². The van der Waals surface area contributed by atoms with Gasteiger partial charge in [-0.3, -0.25) is 4.79 Å². The van der Waals surface area contributed by atoms with Gasteiger partial charge in [-0.1, -0.05) is 42.5 Å². The number of fused-ring (bicyclic) bond motifs is 2. The highest BCUT2D eigenvalue weighted by Crippen LogP contribution is 2.29. The molecule has 0 aliphatic heterocycles. The number of carbonyl (C=O) groups excluding carboxylic acids is 1. The molecule has 116 valence electrons. The van der Waals surface area contributed by atoms with Crippen molar-refractivity contribution < 1.29 is 14.3 Å². The first kappa shape index (κ1) is 14.0. The summed E-state index contributed by atoms with van der Waals surface area (Å²) in [5, 5.41) is 14.4. The molecule has 4 heteroatoms. The van der Waals surface area contributed by atoms with Crippen molar-refractivity contribution in [1.82, 2.24) is 5.32 Å². The van der Waals surface area contributed by atoms with E-state index in [-0.39, 0.29) is 18.2 Å². The predicted molar refractivity (Wildman–Crippen MR) is 87.3 cm³/mol. The molecule has 0 saturated carbocycles. The molecule has 0 bridgehead atoms. The molecular formula is C19H17NO3. The minimum Gasteiger partial charge on any atom is -0.451 e. The first-order valence-electron chi connectivity index (χ1n) is 7.69. The van der Waals surface area contributed by atoms with Crippen LogP contribution >= 0.6 is 0 Å². The topological polar surface area (TPSA) is 62.5 Å². The molecule has 3 aromatic rings. The molecule has 2 aromatic carbocycles. The van der Waals surface area contributed by atoms with Crippen LogP contribution in [0.4, 0.5) is 0 Å². The lowest BCUT2D eigenvalue weighted by Crippen LogP contribution is -2.43. The number of carbonyl (C=O) groups is 1. The fourth-order valence-electron chi connectivity index (χ4n) is 3.22. The van der Waals surface area contributed by atoms with Crippen LogP contribution in [0.2, 0.25) is 0 Å². The average Bonchev–Trinajstić information content (AvgIpc) is 3.12. The van der Waals surface area contributed by atoms with E-state index in [0.29, 0.717) is 18.4 Å². The van der Waals surface area contributed by atoms with Gasteiger partial charge in [-0.2, -0.15) is 0 Å². The second-order valence-electron chi connectivity index (χ2n) is 6.18. The summed E-state index contributed by atoms with van der Waals surface area (Å²) < 4.78 is 5.55. The van der Waals surface area contributed by atoms with Crippen molar-refractivity contribution in [3.8, 4) is 0 Å². The third-order valence-corrected chi connectivity index (χ3v) is 4.38. The molecule has 0 saturated heterocycles. The Balaban J connectivity index is 1.46. The fraction of sp³-hybridized carbons (Fsp3) is 0.211. The van der Waals surface area contributed by atoms with E-state index in [2.05, 4.69) is 5.32 Å². The molecule has 1 aromatic heterocycles. The second kappa shape index (κ2) is 5.25. The SMILES string of the molecule is O=C(NCC1(O)Cc2ccccc2C1)c1cc2ccccc2o1. The van der Waals surface area contributed by atoms with Crippen molar-refractivity contribution in [1.29, 1.82) is 0 Å². The molecule has 23 heavy (non-hydrogen) atoms. The van der Waals surface area contributed by atoms with Crippen molar-refractivity contribution in [3.05, 3.63) is 71.5 Å². The lowest BCUT2D eigenvalue weighted by Gasteiger charge is -2.22. The average molecular weight is 307 g/mol. The Morgan fingerprint density at radius 1 is 1.09 bits per heavy atom. The highest BCUT2D eigenvalue weighted by Gasteiger charge is 2.35. The monoisotopic (exact) mass is 307 g/mol. The molecule has 2 N–H and O–H groups in total. The van der Waals surface area contributed by atoms with Gasteiger partial charge in [0.2, 0.25) is 0 Å². The third-order valence-electron chi connectivity index (χ3n) is 4.38. The Bertz CT molecular complexity index is 823. The van der Waals surface area contributed by atoms with Crippen LogP contribution in [0, 0.1) is 0 Å². The van der Waals surface area contributed by atoms with Crippen LogP contribution in [0.3, 0.4) is 0 Å². The zero-order valence-electron chi connectivity index (χ0n) is 12.6. The zero-order chi connectivity index (χ0) is 15.9. The number of aliphatic hydroxyl groups is 1. The smallest absolute Gasteiger partial charge is 0.287 e. The normalized spacial score (nSPS) is 15.5. The van der Waals surface area contributed by atoms with Gasteiger partial charge in [-0.05, 0) is 23.3 Å². The van der Waals surface area contributed by atoms with Gasteiger partial charge in [0, 0.05) is 24.8 Å². The fourth-order valence-corrected chi connectivity index (χ4v) is 3.22. The molecule has 4 nitrogen and oxygen atoms in total. The Kier molecular flexibility index (Phi) is 3.20. The van der Waals surface area contributed by atoms with Crippen molar-refractivity contribution in [2.45, 2.75) is 18.4 Å². The maximum Gasteiger partial charge on any atom is 0.287 e. The van der Waals surface area contributed by atoms with Gasteiger partial charge in [0.05, 0.1) is 5.60 Å². The molecule has 1 heterocycles. The quantitative estimate of drug-likeness (QED) is 0.782. The van der Waals surface area contributed by atoms with Gasteiger partial charge in [0.25, 0.3) is 5.91 Å². The number of hydrogen-bond donors (Lipinski definition) is 2. The Morgan fingerprint density at radius 2 is 1.74 bits per heavy atom. The Hall–Kier alpha value is -2.59. The molecule has 0 radical (unpaired) electrons. The van der Waals surface area contributed by atoms with Gasteiger partial charge in [-0.15, -0.1) is 0 Å². The molecule has 1 aliphatic rings. The number of hydrogen-bond acceptors (Lipinski definition) is 3. The molecular weight excluding hydrogens is 290 g/mol. The lowest BCUT2D eigenvalue weighted by atomic mass is 10.0. The summed E-state index contributed by atoms with van der Waals surface area (Å²) in [6.07, 6.45) is 1.12. The molecule has 1 aliphatic carbocycles. The van der Waals surface area contributed by atoms with Crippen LogP contribution in [0.5, 0.6) is 0 Å². The van der Waals surface area contributed by atoms with Crippen LogP contribution in [-0.4, -0.2) is 23.2 Å². The highest BCUT2D eigenvalue weighted by atomic mass is 16.3. The van der Waals surface area contributed by atoms with Crippen LogP contribution in [0.1, 0.15) is 21.7 Å². The summed E-state index contributed by atoms with van der Waals surface area (Å²) >= 11 is 0. The van der Waals surface area contributed by atoms with Crippen LogP contribution < -0.4 is 5.32 Å². The van der Waals surface area contributed by atoms with Gasteiger partial charge < -0.3 is 14.8 Å². The Labute approximate surface area is 133 Å². The molecule has 1 amide bonds. The summed E-state index contributed by atoms with van der Waals surface area (Å²) in [5.41, 5.74) is 2.05. The lowest BCUT2D eigenvalue weighted by molar-refractivity contribution is 0.0474. The minimum atomic E-state index is -0.925. The third kappa shape index (κ3) is 2.62. The van der Waals surface area contributed by atoms with E-state index in [9.17, 15) is 9.90 Å². The second-order valence-corrected chi connectivity index (χ2v) is 6.18. The van der Waals surface area contributed by atoms with Crippen molar-refractivity contribution in [3.63, 3.8) is 0 Å². The summed E-state index contributed by atoms with van der Waals surface area (Å²) in [5.74, 6) is -0.0316.